The van der Waals surface area contributed by atoms with Crippen LogP contribution in [0.1, 0.15) is 105 Å². The summed E-state index contributed by atoms with van der Waals surface area (Å²) in [5, 5.41) is 0. The van der Waals surface area contributed by atoms with E-state index in [9.17, 15) is 32.4 Å². The van der Waals surface area contributed by atoms with Gasteiger partial charge in [0, 0.05) is 37.6 Å². The van der Waals surface area contributed by atoms with Gasteiger partial charge in [-0.05, 0) is 65.4 Å². The van der Waals surface area contributed by atoms with Gasteiger partial charge in [-0.1, -0.05) is 84.9 Å². The zero-order valence-electron chi connectivity index (χ0n) is 29.3. The third-order valence-electron chi connectivity index (χ3n) is 12.1. The van der Waals surface area contributed by atoms with Crippen LogP contribution in [0.2, 0.25) is 0 Å². The molecule has 1 aliphatic heterocycles. The molecule has 3 saturated carbocycles. The number of amides is 2. The molecule has 2 amide bonds. The molecule has 48 heavy (non-hydrogen) atoms. The van der Waals surface area contributed by atoms with Gasteiger partial charge in [0.05, 0.1) is 16.7 Å². The highest BCUT2D eigenvalue weighted by atomic mass is 32.2. The largest absolute Gasteiger partial charge is 0.363 e. The molecule has 1 aromatic rings. The van der Waals surface area contributed by atoms with Gasteiger partial charge < -0.3 is 10.6 Å². The third kappa shape index (κ3) is 7.79. The lowest BCUT2D eigenvalue weighted by atomic mass is 9.70. The Balaban J connectivity index is 1.35. The molecule has 264 valence electrons. The second kappa shape index (κ2) is 13.4. The number of piperidine rings is 1. The first-order valence-electron chi connectivity index (χ1n) is 17.8. The van der Waals surface area contributed by atoms with Gasteiger partial charge in [0.25, 0.3) is 5.91 Å². The SMILES string of the molecule is CC(C)(C)[C@H](CC(=O)CC1(CS(=O)(=O)c2ccccc2)CCCCC1)C(=O)N1CC2[C@@H]([C@H]1C(=O)CC(CC1CC1)C(=O)C(N)=O)C2(C)C. The fraction of sp³-hybridized carbons (Fsp3) is 0.711. The number of likely N-dealkylation sites (tertiary alicyclic amines) is 1. The van der Waals surface area contributed by atoms with Gasteiger partial charge in [-0.15, -0.1) is 0 Å². The van der Waals surface area contributed by atoms with Gasteiger partial charge in [0.1, 0.15) is 5.78 Å². The van der Waals surface area contributed by atoms with E-state index in [1.807, 2.05) is 20.8 Å². The Bertz CT molecular complexity index is 1530. The average molecular weight is 683 g/mol. The smallest absolute Gasteiger partial charge is 0.285 e. The van der Waals surface area contributed by atoms with Crippen molar-refractivity contribution in [2.24, 2.45) is 51.6 Å². The first-order valence-corrected chi connectivity index (χ1v) is 19.5. The summed E-state index contributed by atoms with van der Waals surface area (Å²) in [4.78, 5) is 69.0. The summed E-state index contributed by atoms with van der Waals surface area (Å²) in [5.74, 6) is -3.53. The second-order valence-corrected chi connectivity index (χ2v) is 19.1. The summed E-state index contributed by atoms with van der Waals surface area (Å²) in [5.41, 5.74) is 3.94. The van der Waals surface area contributed by atoms with Gasteiger partial charge in [-0.25, -0.2) is 8.42 Å². The molecular formula is C38H54N2O7S. The summed E-state index contributed by atoms with van der Waals surface area (Å²) < 4.78 is 27.0. The molecule has 9 nitrogen and oxygen atoms in total. The van der Waals surface area contributed by atoms with Crippen molar-refractivity contribution in [3.63, 3.8) is 0 Å². The number of ketones is 3. The maximum Gasteiger partial charge on any atom is 0.285 e. The normalized spacial score (nSPS) is 25.9. The van der Waals surface area contributed by atoms with E-state index in [1.54, 1.807) is 35.2 Å². The summed E-state index contributed by atoms with van der Waals surface area (Å²) in [6.45, 7) is 10.4. The number of Topliss-reactive ketones (excluding diaryl/α,β-unsaturated/α-hetero) is 3. The van der Waals surface area contributed by atoms with Crippen LogP contribution in [0.4, 0.5) is 0 Å². The first kappa shape index (κ1) is 36.4. The van der Waals surface area contributed by atoms with E-state index in [2.05, 4.69) is 13.8 Å². The van der Waals surface area contributed by atoms with Gasteiger partial charge in [0.15, 0.2) is 15.6 Å². The number of benzene rings is 1. The molecule has 1 aromatic carbocycles. The van der Waals surface area contributed by atoms with Crippen LogP contribution in [0.15, 0.2) is 35.2 Å². The van der Waals surface area contributed by atoms with Gasteiger partial charge in [-0.2, -0.15) is 0 Å². The number of nitrogens with zero attached hydrogens (tertiary/aromatic N) is 1. The van der Waals surface area contributed by atoms with Crippen LogP contribution in [0.5, 0.6) is 0 Å². The molecule has 0 spiro atoms. The molecule has 1 heterocycles. The summed E-state index contributed by atoms with van der Waals surface area (Å²) in [6, 6.07) is 7.66. The molecule has 1 saturated heterocycles. The molecule has 3 aliphatic carbocycles. The number of fused-ring (bicyclic) bond motifs is 1. The van der Waals surface area contributed by atoms with Crippen molar-refractivity contribution >= 4 is 39.0 Å². The molecule has 2 unspecified atom stereocenters. The minimum Gasteiger partial charge on any atom is -0.363 e. The predicted molar refractivity (Wildman–Crippen MR) is 182 cm³/mol. The number of primary amides is 1. The quantitative estimate of drug-likeness (QED) is 0.246. The highest BCUT2D eigenvalue weighted by Gasteiger charge is 2.69. The lowest BCUT2D eigenvalue weighted by molar-refractivity contribution is -0.148. The molecule has 10 heteroatoms. The Morgan fingerprint density at radius 2 is 1.58 bits per heavy atom. The van der Waals surface area contributed by atoms with E-state index >= 15 is 0 Å². The standard InChI is InChI=1S/C38H54N2O7S/c1-36(2,3)28(20-26(41)21-38(16-10-7-11-17-38)23-48(46,47)27-12-8-6-9-13-27)35(45)40-22-29-31(37(29,4)5)32(40)30(42)19-25(18-24-14-15-24)33(43)34(39)44/h6,8-9,12-13,24-25,28-29,31-32H,7,10-11,14-23H2,1-5H3,(H2,39,44)/t25?,28-,29?,31+,32-/m1/s1. The van der Waals surface area contributed by atoms with E-state index in [4.69, 9.17) is 5.73 Å². The van der Waals surface area contributed by atoms with E-state index in [0.717, 1.165) is 32.1 Å². The fourth-order valence-corrected chi connectivity index (χ4v) is 10.9. The Kier molecular flexibility index (Phi) is 10.2. The van der Waals surface area contributed by atoms with Gasteiger partial charge >= 0.3 is 0 Å². The number of carbonyl (C=O) groups is 5. The van der Waals surface area contributed by atoms with Crippen molar-refractivity contribution in [2.75, 3.05) is 12.3 Å². The molecule has 5 rings (SSSR count). The molecule has 0 bridgehead atoms. The summed E-state index contributed by atoms with van der Waals surface area (Å²) >= 11 is 0. The van der Waals surface area contributed by atoms with E-state index in [1.165, 1.54) is 0 Å². The number of carbonyl (C=O) groups excluding carboxylic acids is 5. The molecule has 4 aliphatic rings. The molecule has 4 fully saturated rings. The van der Waals surface area contributed by atoms with Crippen molar-refractivity contribution < 1.29 is 32.4 Å². The van der Waals surface area contributed by atoms with Crippen molar-refractivity contribution in [2.45, 2.75) is 116 Å². The molecule has 5 atom stereocenters. The van der Waals surface area contributed by atoms with E-state index in [0.29, 0.717) is 31.7 Å². The average Bonchev–Trinajstić information content (AvgIpc) is 3.86. The number of nitrogens with two attached hydrogens (primary N) is 1. The maximum atomic E-state index is 14.5. The van der Waals surface area contributed by atoms with Crippen molar-refractivity contribution in [1.82, 2.24) is 4.90 Å². The van der Waals surface area contributed by atoms with Crippen LogP contribution in [-0.4, -0.2) is 60.8 Å². The number of hydrogen-bond donors (Lipinski definition) is 1. The predicted octanol–water partition coefficient (Wildman–Crippen LogP) is 5.34. The van der Waals surface area contributed by atoms with E-state index < -0.39 is 50.2 Å². The van der Waals surface area contributed by atoms with Gasteiger partial charge in [-0.3, -0.25) is 24.0 Å². The van der Waals surface area contributed by atoms with Crippen molar-refractivity contribution in [1.29, 1.82) is 0 Å². The minimum atomic E-state index is -3.62. The van der Waals surface area contributed by atoms with Crippen LogP contribution in [-0.2, 0) is 33.8 Å². The Hall–Kier alpha value is -2.88. The van der Waals surface area contributed by atoms with Crippen LogP contribution >= 0.6 is 0 Å². The summed E-state index contributed by atoms with van der Waals surface area (Å²) in [6.07, 6.45) is 6.32. The lowest BCUT2D eigenvalue weighted by Gasteiger charge is -2.39. The Morgan fingerprint density at radius 1 is 0.958 bits per heavy atom. The first-order chi connectivity index (χ1) is 22.4. The minimum absolute atomic E-state index is 0.0317. The molecule has 2 N–H and O–H groups in total. The topological polar surface area (TPSA) is 149 Å². The van der Waals surface area contributed by atoms with Crippen LogP contribution in [0.3, 0.4) is 0 Å². The summed E-state index contributed by atoms with van der Waals surface area (Å²) in [7, 11) is -3.62. The number of sulfone groups is 1. The lowest BCUT2D eigenvalue weighted by Crippen LogP contribution is -2.51. The molecule has 0 radical (unpaired) electrons. The van der Waals surface area contributed by atoms with Crippen LogP contribution in [0.25, 0.3) is 0 Å². The van der Waals surface area contributed by atoms with Gasteiger partial charge in [0.2, 0.25) is 11.7 Å². The second-order valence-electron chi connectivity index (χ2n) is 17.1. The fourth-order valence-electron chi connectivity index (χ4n) is 8.96. The van der Waals surface area contributed by atoms with Crippen molar-refractivity contribution in [3.8, 4) is 0 Å². The van der Waals surface area contributed by atoms with E-state index in [-0.39, 0.29) is 64.6 Å². The van der Waals surface area contributed by atoms with Crippen molar-refractivity contribution in [3.05, 3.63) is 30.3 Å². The highest BCUT2D eigenvalue weighted by molar-refractivity contribution is 7.91. The zero-order valence-corrected chi connectivity index (χ0v) is 30.2. The Labute approximate surface area is 286 Å². The maximum absolute atomic E-state index is 14.5. The third-order valence-corrected chi connectivity index (χ3v) is 14.0. The van der Waals surface area contributed by atoms with Crippen LogP contribution < -0.4 is 5.73 Å². The monoisotopic (exact) mass is 682 g/mol. The highest BCUT2D eigenvalue weighted by Crippen LogP contribution is 2.65. The molecular weight excluding hydrogens is 628 g/mol. The molecule has 0 aromatic heterocycles. The Morgan fingerprint density at radius 3 is 2.15 bits per heavy atom. The number of rotatable bonds is 15. The zero-order chi connectivity index (χ0) is 35.2. The van der Waals surface area contributed by atoms with Crippen LogP contribution in [0, 0.1) is 45.8 Å². The number of hydrogen-bond acceptors (Lipinski definition) is 7.